The van der Waals surface area contributed by atoms with Crippen molar-refractivity contribution in [2.75, 3.05) is 39.3 Å². The summed E-state index contributed by atoms with van der Waals surface area (Å²) in [7, 11) is 0. The molecule has 1 aromatic heterocycles. The molecule has 1 aliphatic rings. The van der Waals surface area contributed by atoms with Crippen molar-refractivity contribution in [3.05, 3.63) is 46.7 Å². The largest absolute Gasteiger partial charge is 0.355 e. The Morgan fingerprint density at radius 1 is 1.15 bits per heavy atom. The van der Waals surface area contributed by atoms with Crippen LogP contribution in [0.5, 0.6) is 0 Å². The van der Waals surface area contributed by atoms with E-state index in [-0.39, 0.29) is 11.8 Å². The summed E-state index contributed by atoms with van der Waals surface area (Å²) in [5.41, 5.74) is 1.87. The number of nitrogens with one attached hydrogen (secondary N) is 1. The third-order valence-corrected chi connectivity index (χ3v) is 4.97. The smallest absolute Gasteiger partial charge is 0.258 e. The number of halogens is 1. The summed E-state index contributed by atoms with van der Waals surface area (Å²) >= 11 is 6.50. The molecule has 27 heavy (non-hydrogen) atoms. The van der Waals surface area contributed by atoms with Gasteiger partial charge in [0.25, 0.3) is 5.91 Å². The number of aryl methyl sites for hydroxylation is 1. The van der Waals surface area contributed by atoms with Crippen molar-refractivity contribution in [3.63, 3.8) is 0 Å². The zero-order valence-electron chi connectivity index (χ0n) is 15.6. The van der Waals surface area contributed by atoms with Gasteiger partial charge in [-0.25, -0.2) is 4.68 Å². The third kappa shape index (κ3) is 4.31. The van der Waals surface area contributed by atoms with Crippen LogP contribution in [0.15, 0.2) is 30.3 Å². The van der Waals surface area contributed by atoms with E-state index in [9.17, 15) is 9.59 Å². The molecule has 0 saturated carbocycles. The second kappa shape index (κ2) is 8.54. The molecule has 1 saturated heterocycles. The number of aromatic nitrogens is 2. The predicted molar refractivity (Wildman–Crippen MR) is 104 cm³/mol. The Labute approximate surface area is 163 Å². The normalized spacial score (nSPS) is 15.0. The van der Waals surface area contributed by atoms with Gasteiger partial charge in [0.1, 0.15) is 5.15 Å². The predicted octanol–water partition coefficient (Wildman–Crippen LogP) is 1.73. The van der Waals surface area contributed by atoms with E-state index in [0.717, 1.165) is 5.69 Å². The van der Waals surface area contributed by atoms with Crippen molar-refractivity contribution >= 4 is 23.4 Å². The number of rotatable bonds is 5. The first-order valence-electron chi connectivity index (χ1n) is 9.10. The number of nitrogens with zero attached hydrogens (tertiary/aromatic N) is 4. The van der Waals surface area contributed by atoms with E-state index in [1.165, 1.54) is 0 Å². The zero-order chi connectivity index (χ0) is 19.4. The van der Waals surface area contributed by atoms with E-state index in [0.29, 0.717) is 55.7 Å². The molecule has 1 N–H and O–H groups in total. The molecule has 144 valence electrons. The summed E-state index contributed by atoms with van der Waals surface area (Å²) in [6, 6.07) is 9.51. The molecule has 0 unspecified atom stereocenters. The van der Waals surface area contributed by atoms with Crippen LogP contribution in [0.1, 0.15) is 23.0 Å². The maximum atomic E-state index is 13.0. The van der Waals surface area contributed by atoms with Gasteiger partial charge in [-0.3, -0.25) is 14.5 Å². The van der Waals surface area contributed by atoms with Crippen LogP contribution in [0, 0.1) is 6.92 Å². The molecule has 7 nitrogen and oxygen atoms in total. The lowest BCUT2D eigenvalue weighted by molar-refractivity contribution is -0.122. The quantitative estimate of drug-likeness (QED) is 0.845. The van der Waals surface area contributed by atoms with Crippen molar-refractivity contribution in [1.29, 1.82) is 0 Å². The van der Waals surface area contributed by atoms with Crippen molar-refractivity contribution in [2.45, 2.75) is 13.8 Å². The van der Waals surface area contributed by atoms with Crippen molar-refractivity contribution < 1.29 is 9.59 Å². The standard InChI is InChI=1S/C19H24ClN5O2/c1-3-21-16(26)13-23-9-11-24(12-10-23)19(27)17-14(2)22-25(18(17)20)15-7-5-4-6-8-15/h4-8H,3,9-13H2,1-2H3,(H,21,26). The van der Waals surface area contributed by atoms with Gasteiger partial charge in [-0.1, -0.05) is 29.8 Å². The molecule has 0 radical (unpaired) electrons. The van der Waals surface area contributed by atoms with Gasteiger partial charge in [0.2, 0.25) is 5.91 Å². The minimum absolute atomic E-state index is 0.0142. The second-order valence-corrected chi connectivity index (χ2v) is 6.88. The van der Waals surface area contributed by atoms with Crippen molar-refractivity contribution in [2.24, 2.45) is 0 Å². The fourth-order valence-electron chi connectivity index (χ4n) is 3.21. The number of para-hydroxylation sites is 1. The minimum atomic E-state index is -0.114. The zero-order valence-corrected chi connectivity index (χ0v) is 16.4. The number of hydrogen-bond donors (Lipinski definition) is 1. The lowest BCUT2D eigenvalue weighted by Gasteiger charge is -2.34. The highest BCUT2D eigenvalue weighted by molar-refractivity contribution is 6.33. The van der Waals surface area contributed by atoms with E-state index in [2.05, 4.69) is 15.3 Å². The molecule has 3 rings (SSSR count). The van der Waals surface area contributed by atoms with E-state index in [1.807, 2.05) is 37.3 Å². The Kier molecular flexibility index (Phi) is 6.13. The summed E-state index contributed by atoms with van der Waals surface area (Å²) in [6.07, 6.45) is 0. The number of amides is 2. The summed E-state index contributed by atoms with van der Waals surface area (Å²) in [4.78, 5) is 28.6. The van der Waals surface area contributed by atoms with Gasteiger partial charge in [0.05, 0.1) is 23.5 Å². The van der Waals surface area contributed by atoms with Crippen LogP contribution in [-0.2, 0) is 4.79 Å². The Morgan fingerprint density at radius 3 is 2.44 bits per heavy atom. The van der Waals surface area contributed by atoms with Crippen LogP contribution in [0.3, 0.4) is 0 Å². The Balaban J connectivity index is 1.69. The number of benzene rings is 1. The van der Waals surface area contributed by atoms with Gasteiger partial charge in [0.15, 0.2) is 0 Å². The van der Waals surface area contributed by atoms with Gasteiger partial charge < -0.3 is 10.2 Å². The van der Waals surface area contributed by atoms with Crippen LogP contribution < -0.4 is 5.32 Å². The van der Waals surface area contributed by atoms with Gasteiger partial charge in [-0.05, 0) is 26.0 Å². The molecule has 2 amide bonds. The number of hydrogen-bond acceptors (Lipinski definition) is 4. The topological polar surface area (TPSA) is 70.5 Å². The number of likely N-dealkylation sites (N-methyl/N-ethyl adjacent to an activating group) is 1. The lowest BCUT2D eigenvalue weighted by Crippen LogP contribution is -2.51. The molecule has 1 aliphatic heterocycles. The van der Waals surface area contributed by atoms with Gasteiger partial charge in [0, 0.05) is 32.7 Å². The minimum Gasteiger partial charge on any atom is -0.355 e. The van der Waals surface area contributed by atoms with Gasteiger partial charge in [-0.15, -0.1) is 0 Å². The Hall–Kier alpha value is -2.38. The van der Waals surface area contributed by atoms with Crippen molar-refractivity contribution in [1.82, 2.24) is 24.9 Å². The SMILES string of the molecule is CCNC(=O)CN1CCN(C(=O)c2c(C)nn(-c3ccccc3)c2Cl)CC1. The number of carbonyl (C=O) groups excluding carboxylic acids is 2. The third-order valence-electron chi connectivity index (χ3n) is 4.62. The fourth-order valence-corrected chi connectivity index (χ4v) is 3.56. The molecule has 1 aromatic carbocycles. The van der Waals surface area contributed by atoms with Crippen LogP contribution in [0.25, 0.3) is 5.69 Å². The first-order valence-corrected chi connectivity index (χ1v) is 9.48. The van der Waals surface area contributed by atoms with E-state index < -0.39 is 0 Å². The first-order chi connectivity index (χ1) is 13.0. The molecule has 8 heteroatoms. The van der Waals surface area contributed by atoms with Crippen LogP contribution in [0.2, 0.25) is 5.15 Å². The van der Waals surface area contributed by atoms with Gasteiger partial charge >= 0.3 is 0 Å². The highest BCUT2D eigenvalue weighted by Gasteiger charge is 2.28. The van der Waals surface area contributed by atoms with E-state index >= 15 is 0 Å². The summed E-state index contributed by atoms with van der Waals surface area (Å²) in [5.74, 6) is -0.0994. The second-order valence-electron chi connectivity index (χ2n) is 6.52. The Bertz CT molecular complexity index is 813. The highest BCUT2D eigenvalue weighted by Crippen LogP contribution is 2.25. The summed E-state index contributed by atoms with van der Waals surface area (Å²) in [5, 5.41) is 7.57. The molecule has 0 bridgehead atoms. The molecule has 2 heterocycles. The van der Waals surface area contributed by atoms with E-state index in [4.69, 9.17) is 11.6 Å². The summed E-state index contributed by atoms with van der Waals surface area (Å²) in [6.45, 7) is 7.12. The van der Waals surface area contributed by atoms with Crippen molar-refractivity contribution in [3.8, 4) is 5.69 Å². The molecular weight excluding hydrogens is 366 g/mol. The first kappa shape index (κ1) is 19.4. The molecule has 2 aromatic rings. The fraction of sp³-hybridized carbons (Fsp3) is 0.421. The van der Waals surface area contributed by atoms with E-state index in [1.54, 1.807) is 16.5 Å². The number of carbonyl (C=O) groups is 2. The molecule has 0 atom stereocenters. The Morgan fingerprint density at radius 2 is 1.81 bits per heavy atom. The van der Waals surface area contributed by atoms with Gasteiger partial charge in [-0.2, -0.15) is 5.10 Å². The average molecular weight is 390 g/mol. The average Bonchev–Trinajstić information content (AvgIpc) is 2.97. The molecule has 0 aliphatic carbocycles. The monoisotopic (exact) mass is 389 g/mol. The maximum Gasteiger partial charge on any atom is 0.258 e. The molecular formula is C19H24ClN5O2. The molecule has 0 spiro atoms. The van der Waals surface area contributed by atoms with Crippen LogP contribution in [0.4, 0.5) is 0 Å². The maximum absolute atomic E-state index is 13.0. The highest BCUT2D eigenvalue weighted by atomic mass is 35.5. The summed E-state index contributed by atoms with van der Waals surface area (Å²) < 4.78 is 1.59. The van der Waals surface area contributed by atoms with Crippen LogP contribution in [-0.4, -0.2) is 70.7 Å². The lowest BCUT2D eigenvalue weighted by atomic mass is 10.2. The number of piperazine rings is 1. The van der Waals surface area contributed by atoms with Crippen LogP contribution >= 0.6 is 11.6 Å². The molecule has 1 fully saturated rings.